The van der Waals surface area contributed by atoms with Crippen molar-refractivity contribution in [3.63, 3.8) is 0 Å². The fourth-order valence-corrected chi connectivity index (χ4v) is 2.15. The number of phosphoric acid groups is 1. The lowest BCUT2D eigenvalue weighted by Gasteiger charge is -1.95. The Kier molecular flexibility index (Phi) is 6.26. The summed E-state index contributed by atoms with van der Waals surface area (Å²) in [6.07, 6.45) is 0. The average molecular weight is 337 g/mol. The number of hydrogen-bond donors (Lipinski definition) is 3. The van der Waals surface area contributed by atoms with E-state index in [0.29, 0.717) is 5.92 Å². The van der Waals surface area contributed by atoms with Crippen molar-refractivity contribution in [3.05, 3.63) is 34.3 Å². The van der Waals surface area contributed by atoms with Gasteiger partial charge in [-0.2, -0.15) is 0 Å². The summed E-state index contributed by atoms with van der Waals surface area (Å²) in [4.78, 5) is 21.6. The predicted octanol–water partition coefficient (Wildman–Crippen LogP) is 3.05. The summed E-state index contributed by atoms with van der Waals surface area (Å²) in [5, 5.41) is 11.1. The standard InChI is InChI=1S/C11H11ClN2S.H3O4P/c1-7(2)10-13-14-11(15-10)8-3-5-9(12)6-4-8;1-5(2,3)4/h3-7H,1-2H3;(H3,1,2,3,4). The van der Waals surface area contributed by atoms with E-state index in [4.69, 9.17) is 30.8 Å². The number of hydrogen-bond acceptors (Lipinski definition) is 4. The Morgan fingerprint density at radius 2 is 1.65 bits per heavy atom. The lowest BCUT2D eigenvalue weighted by atomic mass is 10.2. The molecule has 2 rings (SSSR count). The molecule has 6 nitrogen and oxygen atoms in total. The molecule has 0 bridgehead atoms. The molecule has 110 valence electrons. The molecule has 0 aliphatic heterocycles. The molecule has 0 atom stereocenters. The second-order valence-corrected chi connectivity index (χ2v) is 6.59. The van der Waals surface area contributed by atoms with Crippen LogP contribution in [0.1, 0.15) is 24.8 Å². The van der Waals surface area contributed by atoms with Crippen LogP contribution in [0.4, 0.5) is 0 Å². The molecule has 0 amide bonds. The van der Waals surface area contributed by atoms with Gasteiger partial charge in [0.2, 0.25) is 0 Å². The Morgan fingerprint density at radius 3 is 2.05 bits per heavy atom. The first-order valence-electron chi connectivity index (χ1n) is 5.54. The predicted molar refractivity (Wildman–Crippen MR) is 78.7 cm³/mol. The molecule has 1 aromatic heterocycles. The van der Waals surface area contributed by atoms with Gasteiger partial charge in [0.15, 0.2) is 0 Å². The highest BCUT2D eigenvalue weighted by atomic mass is 35.5. The van der Waals surface area contributed by atoms with E-state index in [1.807, 2.05) is 24.3 Å². The zero-order valence-electron chi connectivity index (χ0n) is 10.8. The van der Waals surface area contributed by atoms with Crippen LogP contribution in [-0.4, -0.2) is 24.9 Å². The van der Waals surface area contributed by atoms with Crippen LogP contribution in [0.15, 0.2) is 24.3 Å². The third-order valence-corrected chi connectivity index (χ3v) is 3.55. The summed E-state index contributed by atoms with van der Waals surface area (Å²) < 4.78 is 8.88. The fraction of sp³-hybridized carbons (Fsp3) is 0.273. The lowest BCUT2D eigenvalue weighted by molar-refractivity contribution is 0.275. The van der Waals surface area contributed by atoms with Crippen LogP contribution < -0.4 is 0 Å². The zero-order chi connectivity index (χ0) is 15.3. The van der Waals surface area contributed by atoms with Crippen LogP contribution in [-0.2, 0) is 4.57 Å². The largest absolute Gasteiger partial charge is 0.466 e. The summed E-state index contributed by atoms with van der Waals surface area (Å²) in [5.41, 5.74) is 1.07. The van der Waals surface area contributed by atoms with Gasteiger partial charge in [0.25, 0.3) is 0 Å². The Labute approximate surface area is 125 Å². The fourth-order valence-electron chi connectivity index (χ4n) is 1.18. The topological polar surface area (TPSA) is 104 Å². The third-order valence-electron chi connectivity index (χ3n) is 2.03. The van der Waals surface area contributed by atoms with Crippen molar-refractivity contribution < 1.29 is 19.2 Å². The Balaban J connectivity index is 0.000000347. The van der Waals surface area contributed by atoms with Crippen LogP contribution in [0.3, 0.4) is 0 Å². The van der Waals surface area contributed by atoms with E-state index in [-0.39, 0.29) is 0 Å². The molecule has 3 N–H and O–H groups in total. The minimum atomic E-state index is -4.64. The van der Waals surface area contributed by atoms with Crippen molar-refractivity contribution >= 4 is 30.8 Å². The molecule has 0 aliphatic rings. The van der Waals surface area contributed by atoms with Gasteiger partial charge in [0, 0.05) is 16.5 Å². The van der Waals surface area contributed by atoms with E-state index in [0.717, 1.165) is 20.6 Å². The lowest BCUT2D eigenvalue weighted by Crippen LogP contribution is -1.83. The highest BCUT2D eigenvalue weighted by Crippen LogP contribution is 2.28. The van der Waals surface area contributed by atoms with Crippen molar-refractivity contribution in [3.8, 4) is 10.6 Å². The van der Waals surface area contributed by atoms with Crippen LogP contribution >= 0.6 is 30.8 Å². The second-order valence-electron chi connectivity index (χ2n) is 4.12. The highest BCUT2D eigenvalue weighted by Gasteiger charge is 2.08. The van der Waals surface area contributed by atoms with E-state index in [2.05, 4.69) is 24.0 Å². The summed E-state index contributed by atoms with van der Waals surface area (Å²) in [6.45, 7) is 4.23. The van der Waals surface area contributed by atoms with Gasteiger partial charge in [-0.15, -0.1) is 10.2 Å². The molecule has 0 spiro atoms. The van der Waals surface area contributed by atoms with Crippen molar-refractivity contribution in [2.45, 2.75) is 19.8 Å². The molecule has 2 aromatic rings. The van der Waals surface area contributed by atoms with E-state index < -0.39 is 7.82 Å². The molecule has 20 heavy (non-hydrogen) atoms. The minimum Gasteiger partial charge on any atom is -0.303 e. The van der Waals surface area contributed by atoms with Crippen LogP contribution in [0.25, 0.3) is 10.6 Å². The van der Waals surface area contributed by atoms with E-state index >= 15 is 0 Å². The molecule has 0 aliphatic carbocycles. The maximum absolute atomic E-state index is 8.88. The molecule has 1 aromatic carbocycles. The quantitative estimate of drug-likeness (QED) is 0.728. The van der Waals surface area contributed by atoms with Gasteiger partial charge in [-0.1, -0.05) is 48.9 Å². The molecule has 0 unspecified atom stereocenters. The normalized spacial score (nSPS) is 11.2. The van der Waals surface area contributed by atoms with Crippen molar-refractivity contribution in [1.82, 2.24) is 10.2 Å². The number of benzene rings is 1. The summed E-state index contributed by atoms with van der Waals surface area (Å²) >= 11 is 7.46. The van der Waals surface area contributed by atoms with Crippen LogP contribution in [0, 0.1) is 0 Å². The third kappa shape index (κ3) is 6.56. The maximum Gasteiger partial charge on any atom is 0.466 e. The van der Waals surface area contributed by atoms with E-state index in [1.165, 1.54) is 0 Å². The van der Waals surface area contributed by atoms with Crippen LogP contribution in [0.5, 0.6) is 0 Å². The first-order valence-corrected chi connectivity index (χ1v) is 8.30. The number of halogens is 1. The summed E-state index contributed by atoms with van der Waals surface area (Å²) in [6, 6.07) is 7.67. The van der Waals surface area contributed by atoms with Gasteiger partial charge in [0.05, 0.1) is 0 Å². The van der Waals surface area contributed by atoms with Crippen molar-refractivity contribution in [2.24, 2.45) is 0 Å². The molecule has 1 heterocycles. The Hall–Kier alpha value is -0.820. The molecule has 0 fully saturated rings. The summed E-state index contributed by atoms with van der Waals surface area (Å²) in [5.74, 6) is 0.434. The molecule has 0 radical (unpaired) electrons. The van der Waals surface area contributed by atoms with Gasteiger partial charge in [-0.25, -0.2) is 4.57 Å². The van der Waals surface area contributed by atoms with Crippen molar-refractivity contribution in [1.29, 1.82) is 0 Å². The zero-order valence-corrected chi connectivity index (χ0v) is 13.2. The Morgan fingerprint density at radius 1 is 1.15 bits per heavy atom. The van der Waals surface area contributed by atoms with Gasteiger partial charge < -0.3 is 14.7 Å². The monoisotopic (exact) mass is 336 g/mol. The molecule has 9 heteroatoms. The average Bonchev–Trinajstić information content (AvgIpc) is 2.77. The van der Waals surface area contributed by atoms with E-state index in [1.54, 1.807) is 11.3 Å². The minimum absolute atomic E-state index is 0.434. The van der Waals surface area contributed by atoms with Gasteiger partial charge >= 0.3 is 7.82 Å². The summed E-state index contributed by atoms with van der Waals surface area (Å²) in [7, 11) is -4.64. The van der Waals surface area contributed by atoms with Gasteiger partial charge in [-0.05, 0) is 12.1 Å². The van der Waals surface area contributed by atoms with Gasteiger partial charge in [-0.3, -0.25) is 0 Å². The number of rotatable bonds is 2. The maximum atomic E-state index is 8.88. The number of nitrogens with zero attached hydrogens (tertiary/aromatic N) is 2. The smallest absolute Gasteiger partial charge is 0.303 e. The Bertz CT molecular complexity index is 588. The molecular formula is C11H14ClN2O4PS. The SMILES string of the molecule is CC(C)c1nnc(-c2ccc(Cl)cc2)s1.O=P(O)(O)O. The first kappa shape index (κ1) is 17.2. The molecule has 0 saturated carbocycles. The first-order chi connectivity index (χ1) is 9.16. The second kappa shape index (κ2) is 7.26. The molecule has 0 saturated heterocycles. The number of aromatic nitrogens is 2. The van der Waals surface area contributed by atoms with Gasteiger partial charge in [0.1, 0.15) is 10.0 Å². The van der Waals surface area contributed by atoms with Crippen molar-refractivity contribution in [2.75, 3.05) is 0 Å². The van der Waals surface area contributed by atoms with E-state index in [9.17, 15) is 0 Å². The highest BCUT2D eigenvalue weighted by molar-refractivity contribution is 7.45. The molecular weight excluding hydrogens is 323 g/mol. The van der Waals surface area contributed by atoms with Crippen LogP contribution in [0.2, 0.25) is 5.02 Å².